The van der Waals surface area contributed by atoms with Crippen LogP contribution in [0.4, 0.5) is 0 Å². The van der Waals surface area contributed by atoms with Crippen LogP contribution in [0.15, 0.2) is 24.3 Å². The van der Waals surface area contributed by atoms with Crippen molar-refractivity contribution in [1.82, 2.24) is 15.0 Å². The summed E-state index contributed by atoms with van der Waals surface area (Å²) in [7, 11) is 0. The average molecular weight is 247 g/mol. The Morgan fingerprint density at radius 2 is 2.11 bits per heavy atom. The minimum absolute atomic E-state index is 0.218. The second-order valence-corrected chi connectivity index (χ2v) is 3.79. The first-order chi connectivity index (χ1) is 8.65. The molecule has 0 bridgehead atoms. The molecule has 1 heterocycles. The molecule has 0 aliphatic carbocycles. The summed E-state index contributed by atoms with van der Waals surface area (Å²) < 4.78 is 6.19. The predicted molar refractivity (Wildman–Crippen MR) is 63.9 cm³/mol. The first-order valence-electron chi connectivity index (χ1n) is 5.62. The second-order valence-electron chi connectivity index (χ2n) is 3.79. The van der Waals surface area contributed by atoms with E-state index in [4.69, 9.17) is 4.74 Å². The summed E-state index contributed by atoms with van der Waals surface area (Å²) in [5.74, 6) is -0.940. The first kappa shape index (κ1) is 12.2. The van der Waals surface area contributed by atoms with Gasteiger partial charge in [0.05, 0.1) is 12.1 Å². The summed E-state index contributed by atoms with van der Waals surface area (Å²) in [6.07, 6.45) is 0. The number of carbonyl (C=O) groups is 2. The second kappa shape index (κ2) is 4.95. The summed E-state index contributed by atoms with van der Waals surface area (Å²) >= 11 is 0. The number of rotatable bonds is 4. The SMILES string of the molecule is CCOC(=O)C(C(C)=O)n1nnc2ccccc21. The zero-order valence-corrected chi connectivity index (χ0v) is 10.2. The topological polar surface area (TPSA) is 74.1 Å². The molecular weight excluding hydrogens is 234 g/mol. The molecule has 2 rings (SSSR count). The summed E-state index contributed by atoms with van der Waals surface area (Å²) in [6.45, 7) is 3.24. The highest BCUT2D eigenvalue weighted by molar-refractivity contribution is 6.00. The van der Waals surface area contributed by atoms with Gasteiger partial charge in [0.1, 0.15) is 5.52 Å². The number of carbonyl (C=O) groups excluding carboxylic acids is 2. The van der Waals surface area contributed by atoms with Crippen LogP contribution < -0.4 is 0 Å². The van der Waals surface area contributed by atoms with Crippen molar-refractivity contribution in [2.24, 2.45) is 0 Å². The molecule has 1 atom stereocenters. The van der Waals surface area contributed by atoms with Gasteiger partial charge in [-0.3, -0.25) is 4.79 Å². The van der Waals surface area contributed by atoms with Gasteiger partial charge in [0, 0.05) is 0 Å². The van der Waals surface area contributed by atoms with Crippen molar-refractivity contribution in [3.63, 3.8) is 0 Å². The van der Waals surface area contributed by atoms with E-state index >= 15 is 0 Å². The van der Waals surface area contributed by atoms with Crippen molar-refractivity contribution in [3.8, 4) is 0 Å². The van der Waals surface area contributed by atoms with E-state index in [-0.39, 0.29) is 12.4 Å². The maximum atomic E-state index is 11.8. The highest BCUT2D eigenvalue weighted by atomic mass is 16.5. The van der Waals surface area contributed by atoms with Crippen LogP contribution in [0.2, 0.25) is 0 Å². The van der Waals surface area contributed by atoms with Gasteiger partial charge in [0.25, 0.3) is 0 Å². The van der Waals surface area contributed by atoms with Crippen LogP contribution in [-0.4, -0.2) is 33.4 Å². The number of fused-ring (bicyclic) bond motifs is 1. The molecule has 2 aromatic rings. The van der Waals surface area contributed by atoms with Crippen molar-refractivity contribution < 1.29 is 14.3 Å². The highest BCUT2D eigenvalue weighted by Crippen LogP contribution is 2.17. The summed E-state index contributed by atoms with van der Waals surface area (Å²) in [5, 5.41) is 7.78. The minimum Gasteiger partial charge on any atom is -0.464 e. The molecule has 6 nitrogen and oxygen atoms in total. The normalized spacial score (nSPS) is 12.3. The Morgan fingerprint density at radius 1 is 1.39 bits per heavy atom. The first-order valence-corrected chi connectivity index (χ1v) is 5.62. The molecule has 0 spiro atoms. The van der Waals surface area contributed by atoms with E-state index < -0.39 is 12.0 Å². The van der Waals surface area contributed by atoms with Gasteiger partial charge in [-0.2, -0.15) is 0 Å². The Balaban J connectivity index is 2.48. The molecule has 0 aliphatic rings. The lowest BCUT2D eigenvalue weighted by molar-refractivity contribution is -0.150. The molecule has 94 valence electrons. The van der Waals surface area contributed by atoms with Gasteiger partial charge in [0.2, 0.25) is 6.04 Å². The molecule has 1 aromatic carbocycles. The lowest BCUT2D eigenvalue weighted by atomic mass is 10.2. The summed E-state index contributed by atoms with van der Waals surface area (Å²) in [5.41, 5.74) is 1.26. The molecule has 0 saturated heterocycles. The molecular formula is C12H13N3O3. The summed E-state index contributed by atoms with van der Waals surface area (Å²) in [4.78, 5) is 23.4. The number of nitrogens with zero attached hydrogens (tertiary/aromatic N) is 3. The van der Waals surface area contributed by atoms with Gasteiger partial charge in [-0.25, -0.2) is 9.48 Å². The third-order valence-electron chi connectivity index (χ3n) is 2.52. The van der Waals surface area contributed by atoms with Crippen LogP contribution in [0.5, 0.6) is 0 Å². The highest BCUT2D eigenvalue weighted by Gasteiger charge is 2.29. The van der Waals surface area contributed by atoms with Crippen LogP contribution >= 0.6 is 0 Å². The number of para-hydroxylation sites is 1. The van der Waals surface area contributed by atoms with E-state index in [0.717, 1.165) is 0 Å². The number of ether oxygens (including phenoxy) is 1. The average Bonchev–Trinajstić information content (AvgIpc) is 2.74. The molecule has 1 unspecified atom stereocenters. The maximum Gasteiger partial charge on any atom is 0.338 e. The molecule has 0 amide bonds. The monoisotopic (exact) mass is 247 g/mol. The lowest BCUT2D eigenvalue weighted by Gasteiger charge is -2.12. The fourth-order valence-corrected chi connectivity index (χ4v) is 1.74. The number of hydrogen-bond acceptors (Lipinski definition) is 5. The largest absolute Gasteiger partial charge is 0.464 e. The van der Waals surface area contributed by atoms with E-state index in [2.05, 4.69) is 10.3 Å². The quantitative estimate of drug-likeness (QED) is 0.598. The Hall–Kier alpha value is -2.24. The molecule has 1 aromatic heterocycles. The van der Waals surface area contributed by atoms with Gasteiger partial charge in [-0.15, -0.1) is 5.10 Å². The van der Waals surface area contributed by atoms with Crippen molar-refractivity contribution in [2.75, 3.05) is 6.61 Å². The van der Waals surface area contributed by atoms with Gasteiger partial charge in [-0.1, -0.05) is 17.3 Å². The van der Waals surface area contributed by atoms with E-state index in [9.17, 15) is 9.59 Å². The maximum absolute atomic E-state index is 11.8. The van der Waals surface area contributed by atoms with Crippen LogP contribution in [0.3, 0.4) is 0 Å². The fourth-order valence-electron chi connectivity index (χ4n) is 1.74. The van der Waals surface area contributed by atoms with Crippen molar-refractivity contribution in [1.29, 1.82) is 0 Å². The third kappa shape index (κ3) is 2.09. The van der Waals surface area contributed by atoms with E-state index in [1.165, 1.54) is 11.6 Å². The number of ketones is 1. The van der Waals surface area contributed by atoms with Crippen molar-refractivity contribution in [2.45, 2.75) is 19.9 Å². The van der Waals surface area contributed by atoms with Gasteiger partial charge < -0.3 is 4.74 Å². The lowest BCUT2D eigenvalue weighted by Crippen LogP contribution is -2.28. The third-order valence-corrected chi connectivity index (χ3v) is 2.52. The zero-order chi connectivity index (χ0) is 13.1. The zero-order valence-electron chi connectivity index (χ0n) is 10.2. The number of hydrogen-bond donors (Lipinski definition) is 0. The number of aromatic nitrogens is 3. The van der Waals surface area contributed by atoms with E-state index in [1.54, 1.807) is 25.1 Å². The van der Waals surface area contributed by atoms with E-state index in [1.807, 2.05) is 6.07 Å². The smallest absolute Gasteiger partial charge is 0.338 e. The van der Waals surface area contributed by atoms with E-state index in [0.29, 0.717) is 11.0 Å². The minimum atomic E-state index is -1.07. The van der Waals surface area contributed by atoms with Gasteiger partial charge >= 0.3 is 5.97 Å². The Bertz CT molecular complexity index is 591. The van der Waals surface area contributed by atoms with Crippen LogP contribution in [0.1, 0.15) is 19.9 Å². The molecule has 18 heavy (non-hydrogen) atoms. The molecule has 0 aliphatic heterocycles. The molecule has 6 heteroatoms. The fraction of sp³-hybridized carbons (Fsp3) is 0.333. The molecule has 0 fully saturated rings. The number of Topliss-reactive ketones (excluding diaryl/α,β-unsaturated/α-hetero) is 1. The predicted octanol–water partition coefficient (Wildman–Crippen LogP) is 1.12. The van der Waals surface area contributed by atoms with Crippen molar-refractivity contribution >= 4 is 22.8 Å². The van der Waals surface area contributed by atoms with Gasteiger partial charge in [-0.05, 0) is 26.0 Å². The van der Waals surface area contributed by atoms with Crippen LogP contribution in [-0.2, 0) is 14.3 Å². The Labute approximate surface area is 104 Å². The standard InChI is InChI=1S/C12H13N3O3/c1-3-18-12(17)11(8(2)16)15-10-7-5-4-6-9(10)13-14-15/h4-7,11H,3H2,1-2H3. The number of esters is 1. The summed E-state index contributed by atoms with van der Waals surface area (Å²) in [6, 6.07) is 6.06. The van der Waals surface area contributed by atoms with Gasteiger partial charge in [0.15, 0.2) is 5.78 Å². The molecule has 0 saturated carbocycles. The molecule has 0 radical (unpaired) electrons. The Morgan fingerprint density at radius 3 is 2.78 bits per heavy atom. The molecule has 0 N–H and O–H groups in total. The Kier molecular flexibility index (Phi) is 3.36. The number of benzene rings is 1. The van der Waals surface area contributed by atoms with Crippen LogP contribution in [0, 0.1) is 0 Å². The van der Waals surface area contributed by atoms with Crippen LogP contribution in [0.25, 0.3) is 11.0 Å². The van der Waals surface area contributed by atoms with Crippen molar-refractivity contribution in [3.05, 3.63) is 24.3 Å².